The van der Waals surface area contributed by atoms with Gasteiger partial charge < -0.3 is 12.6 Å². The molecular weight excluding hydrogens is 175 g/mol. The van der Waals surface area contributed by atoms with Crippen LogP contribution in [-0.2, 0) is 12.6 Å². The molecule has 0 radical (unpaired) electrons. The van der Waals surface area contributed by atoms with Crippen molar-refractivity contribution in [1.29, 1.82) is 0 Å². The molecule has 2 heterocycles. The van der Waals surface area contributed by atoms with Crippen LogP contribution in [0.25, 0.3) is 5.78 Å². The Hall–Kier alpha value is -0.370. The topological polar surface area (TPSA) is 68.9 Å². The first-order valence-corrected chi connectivity index (χ1v) is 2.85. The second-order valence-corrected chi connectivity index (χ2v) is 1.91. The maximum Gasteiger partial charge on any atom is 1.00 e. The number of fused-ring (bicyclic) bond motifs is 1. The normalized spacial score (nSPS) is 9.45. The summed E-state index contributed by atoms with van der Waals surface area (Å²) in [6.45, 7) is 0. The first-order chi connectivity index (χ1) is 4.88. The van der Waals surface area contributed by atoms with E-state index in [1.54, 1.807) is 0 Å². The fourth-order valence-corrected chi connectivity index (χ4v) is 0.743. The van der Waals surface area contributed by atoms with Gasteiger partial charge in [0.2, 0.25) is 0 Å². The Balaban J connectivity index is 0.000000605. The van der Waals surface area contributed by atoms with Gasteiger partial charge in [0, 0.05) is 5.16 Å². The van der Waals surface area contributed by atoms with Crippen LogP contribution in [0.15, 0.2) is 11.5 Å². The van der Waals surface area contributed by atoms with Crippen molar-refractivity contribution in [1.82, 2.24) is 30.0 Å². The van der Waals surface area contributed by atoms with Gasteiger partial charge in [0.25, 0.3) is 5.78 Å². The average molecular weight is 176 g/mol. The second-order valence-electron chi connectivity index (χ2n) is 1.54. The zero-order chi connectivity index (χ0) is 6.97. The van der Waals surface area contributed by atoms with Crippen molar-refractivity contribution in [3.8, 4) is 0 Å². The summed E-state index contributed by atoms with van der Waals surface area (Å²) in [6, 6.07) is 0. The maximum atomic E-state index is 4.75. The zero-order valence-corrected chi connectivity index (χ0v) is 8.49. The zero-order valence-electron chi connectivity index (χ0n) is 5.67. The quantitative estimate of drug-likeness (QED) is 0.299. The van der Waals surface area contributed by atoms with Crippen molar-refractivity contribution in [3.63, 3.8) is 0 Å². The molecular formula is C3HN6NaS. The molecule has 0 N–H and O–H groups in total. The molecule has 0 unspecified atom stereocenters. The van der Waals surface area contributed by atoms with E-state index in [1.165, 1.54) is 10.8 Å². The summed E-state index contributed by atoms with van der Waals surface area (Å²) in [4.78, 5) is 0. The standard InChI is InChI=1S/C3H2N6S.Na/c10-3-8-7-2-6-4-1-5-9(2)3;/h1H,(H,8,10);/q;+1/p-1. The predicted octanol–water partition coefficient (Wildman–Crippen LogP) is -4.18. The van der Waals surface area contributed by atoms with Crippen LogP contribution in [0.1, 0.15) is 0 Å². The molecule has 0 bridgehead atoms. The van der Waals surface area contributed by atoms with Crippen LogP contribution in [0.5, 0.6) is 0 Å². The third-order valence-electron chi connectivity index (χ3n) is 0.962. The number of hydrogen-bond donors (Lipinski definition) is 0. The minimum Gasteiger partial charge on any atom is -0.738 e. The van der Waals surface area contributed by atoms with Crippen LogP contribution in [0, 0.1) is 0 Å². The summed E-state index contributed by atoms with van der Waals surface area (Å²) in [5, 5.41) is 18.3. The van der Waals surface area contributed by atoms with E-state index in [0.29, 0.717) is 10.9 Å². The first-order valence-electron chi connectivity index (χ1n) is 2.44. The van der Waals surface area contributed by atoms with Gasteiger partial charge in [-0.2, -0.15) is 10.2 Å². The van der Waals surface area contributed by atoms with Crippen LogP contribution in [0.3, 0.4) is 0 Å². The van der Waals surface area contributed by atoms with E-state index >= 15 is 0 Å². The summed E-state index contributed by atoms with van der Waals surface area (Å²) in [6.07, 6.45) is 1.28. The van der Waals surface area contributed by atoms with E-state index in [4.69, 9.17) is 12.6 Å². The fourth-order valence-electron chi connectivity index (χ4n) is 0.573. The van der Waals surface area contributed by atoms with Gasteiger partial charge in [0.05, 0.1) is 0 Å². The molecule has 0 amide bonds. The monoisotopic (exact) mass is 176 g/mol. The van der Waals surface area contributed by atoms with Crippen molar-refractivity contribution in [2.24, 2.45) is 0 Å². The van der Waals surface area contributed by atoms with Gasteiger partial charge in [-0.15, -0.1) is 15.3 Å². The Bertz CT molecular complexity index is 359. The van der Waals surface area contributed by atoms with Crippen LogP contribution < -0.4 is 29.6 Å². The maximum absolute atomic E-state index is 4.75. The molecule has 2 aromatic rings. The van der Waals surface area contributed by atoms with Gasteiger partial charge >= 0.3 is 29.6 Å². The van der Waals surface area contributed by atoms with E-state index in [2.05, 4.69) is 25.5 Å². The largest absolute Gasteiger partial charge is 1.00 e. The van der Waals surface area contributed by atoms with E-state index in [0.717, 1.165) is 0 Å². The van der Waals surface area contributed by atoms with E-state index in [9.17, 15) is 0 Å². The molecule has 0 spiro atoms. The Kier molecular flexibility index (Phi) is 2.66. The van der Waals surface area contributed by atoms with E-state index in [1.807, 2.05) is 0 Å². The van der Waals surface area contributed by atoms with E-state index < -0.39 is 0 Å². The minimum atomic E-state index is 0. The molecule has 0 aliphatic carbocycles. The van der Waals surface area contributed by atoms with Crippen LogP contribution in [0.2, 0.25) is 0 Å². The Labute approximate surface area is 89.1 Å². The molecule has 11 heavy (non-hydrogen) atoms. The molecule has 2 aromatic heterocycles. The molecule has 0 saturated heterocycles. The van der Waals surface area contributed by atoms with Crippen molar-refractivity contribution >= 4 is 18.4 Å². The van der Waals surface area contributed by atoms with E-state index in [-0.39, 0.29) is 29.6 Å². The molecule has 6 nitrogen and oxygen atoms in total. The summed E-state index contributed by atoms with van der Waals surface area (Å²) < 4.78 is 1.34. The van der Waals surface area contributed by atoms with Gasteiger partial charge in [-0.3, -0.25) is 0 Å². The molecule has 0 saturated carbocycles. The predicted molar refractivity (Wildman–Crippen MR) is 32.0 cm³/mol. The SMILES string of the molecule is [Na+].[S-]c1nnc2nncnn12. The summed E-state index contributed by atoms with van der Waals surface area (Å²) in [5.41, 5.74) is 0. The van der Waals surface area contributed by atoms with Gasteiger partial charge in [-0.05, 0) is 0 Å². The number of rotatable bonds is 0. The average Bonchev–Trinajstić information content (AvgIpc) is 2.34. The van der Waals surface area contributed by atoms with Crippen LogP contribution >= 0.6 is 0 Å². The second kappa shape index (κ2) is 3.35. The van der Waals surface area contributed by atoms with Crippen molar-refractivity contribution in [3.05, 3.63) is 6.33 Å². The number of aromatic nitrogens is 6. The molecule has 2 rings (SSSR count). The van der Waals surface area contributed by atoms with Gasteiger partial charge in [0.1, 0.15) is 0 Å². The summed E-state index contributed by atoms with van der Waals surface area (Å²) in [7, 11) is 0. The molecule has 0 aliphatic heterocycles. The molecule has 8 heteroatoms. The molecule has 50 valence electrons. The number of nitrogens with zero attached hydrogens (tertiary/aromatic N) is 6. The minimum absolute atomic E-state index is 0. The van der Waals surface area contributed by atoms with Crippen LogP contribution in [0.4, 0.5) is 0 Å². The Morgan fingerprint density at radius 1 is 1.27 bits per heavy atom. The van der Waals surface area contributed by atoms with Crippen LogP contribution in [-0.4, -0.2) is 30.0 Å². The Morgan fingerprint density at radius 2 is 2.09 bits per heavy atom. The summed E-state index contributed by atoms with van der Waals surface area (Å²) >= 11 is 4.75. The number of hydrogen-bond acceptors (Lipinski definition) is 6. The van der Waals surface area contributed by atoms with Gasteiger partial charge in [0.15, 0.2) is 6.33 Å². The summed E-state index contributed by atoms with van der Waals surface area (Å²) in [5.74, 6) is 0.326. The van der Waals surface area contributed by atoms with Crippen molar-refractivity contribution in [2.75, 3.05) is 0 Å². The molecule has 0 fully saturated rings. The Morgan fingerprint density at radius 3 is 2.82 bits per heavy atom. The van der Waals surface area contributed by atoms with Gasteiger partial charge in [-0.1, -0.05) is 0 Å². The van der Waals surface area contributed by atoms with Crippen molar-refractivity contribution in [2.45, 2.75) is 5.16 Å². The molecule has 0 aromatic carbocycles. The smallest absolute Gasteiger partial charge is 0.738 e. The first kappa shape index (κ1) is 8.72. The van der Waals surface area contributed by atoms with Gasteiger partial charge in [-0.25, -0.2) is 4.52 Å². The molecule has 0 aliphatic rings. The van der Waals surface area contributed by atoms with Crippen molar-refractivity contribution < 1.29 is 29.6 Å². The third-order valence-corrected chi connectivity index (χ3v) is 1.22. The fraction of sp³-hybridized carbons (Fsp3) is 0. The molecule has 0 atom stereocenters. The third kappa shape index (κ3) is 1.45.